The number of halogens is 1. The summed E-state index contributed by atoms with van der Waals surface area (Å²) in [7, 11) is 0. The number of aryl methyl sites for hydroxylation is 3. The molecule has 10 rings (SSSR count). The van der Waals surface area contributed by atoms with Gasteiger partial charge in [-0.15, -0.1) is 0 Å². The van der Waals surface area contributed by atoms with Gasteiger partial charge in [-0.25, -0.2) is 9.59 Å². The van der Waals surface area contributed by atoms with Crippen molar-refractivity contribution in [3.05, 3.63) is 176 Å². The number of amides is 2. The highest BCUT2D eigenvalue weighted by Gasteiger charge is 2.44. The van der Waals surface area contributed by atoms with E-state index in [2.05, 4.69) is 194 Å². The van der Waals surface area contributed by atoms with Crippen LogP contribution in [0.4, 0.5) is 21.0 Å². The Bertz CT molecular complexity index is 3040. The van der Waals surface area contributed by atoms with Crippen LogP contribution in [0.2, 0.25) is 0 Å². The van der Waals surface area contributed by atoms with Crippen LogP contribution in [0.5, 0.6) is 11.5 Å². The zero-order chi connectivity index (χ0) is 53.4. The molecule has 0 fully saturated rings. The van der Waals surface area contributed by atoms with Gasteiger partial charge in [-0.05, 0) is 185 Å². The molecular weight excluding hydrogens is 985 g/mol. The second-order valence-corrected chi connectivity index (χ2v) is 24.5. The Hall–Kier alpha value is -6.58. The molecule has 74 heavy (non-hydrogen) atoms. The fraction of sp³-hybridized carbons (Fsp3) is 0.354. The van der Waals surface area contributed by atoms with Crippen LogP contribution in [0.3, 0.4) is 0 Å². The maximum Gasteiger partial charge on any atom is 0.415 e. The Balaban J connectivity index is 0.000000182. The lowest BCUT2D eigenvalue weighted by atomic mass is 9.79. The predicted octanol–water partition coefficient (Wildman–Crippen LogP) is 17.6. The fourth-order valence-corrected chi connectivity index (χ4v) is 11.7. The summed E-state index contributed by atoms with van der Waals surface area (Å²) < 4.78 is 26.3. The first-order valence-electron chi connectivity index (χ1n) is 25.8. The van der Waals surface area contributed by atoms with Gasteiger partial charge in [0.05, 0.1) is 22.5 Å². The molecule has 0 saturated heterocycles. The maximum atomic E-state index is 13.6. The molecule has 0 saturated carbocycles. The van der Waals surface area contributed by atoms with Crippen LogP contribution in [0, 0.1) is 20.8 Å². The normalized spacial score (nSPS) is 17.7. The van der Waals surface area contributed by atoms with E-state index < -0.39 is 22.3 Å². The van der Waals surface area contributed by atoms with Crippen molar-refractivity contribution in [3.8, 4) is 33.8 Å². The highest BCUT2D eigenvalue weighted by molar-refractivity contribution is 9.10. The molecule has 4 aliphatic rings. The van der Waals surface area contributed by atoms with E-state index in [-0.39, 0.29) is 24.4 Å². The summed E-state index contributed by atoms with van der Waals surface area (Å²) in [6.07, 6.45) is 4.72. The summed E-state index contributed by atoms with van der Waals surface area (Å²) in [6.45, 7) is 30.3. The third kappa shape index (κ3) is 10.2. The molecule has 6 aromatic rings. The topological polar surface area (TPSA) is 77.5 Å². The third-order valence-electron chi connectivity index (χ3n) is 14.2. The van der Waals surface area contributed by atoms with Gasteiger partial charge in [-0.2, -0.15) is 0 Å². The van der Waals surface area contributed by atoms with Gasteiger partial charge < -0.3 is 18.9 Å². The first kappa shape index (κ1) is 52.3. The number of carbonyl (C=O) groups excluding carboxylic acids is 2. The Labute approximate surface area is 447 Å². The number of hydrogen-bond acceptors (Lipinski definition) is 6. The smallest absolute Gasteiger partial charge is 0.415 e. The molecule has 2 unspecified atom stereocenters. The number of hydrogen-bond donors (Lipinski definition) is 0. The summed E-state index contributed by atoms with van der Waals surface area (Å²) in [6, 6.07) is 38.0. The lowest BCUT2D eigenvalue weighted by Crippen LogP contribution is -2.51. The average Bonchev–Trinajstić information content (AvgIpc) is 3.28. The molecule has 0 aliphatic carbocycles. The lowest BCUT2D eigenvalue weighted by molar-refractivity contribution is 0.0544. The SMILES string of the molecule is CC1=CC(C)(C)N(C(=O)OC(C)(C)C)c2ccc3c(c21)C(Cc1ccc(Br)cc1)Oc1cccc(C)c1-3.CC1=CC(C)(C)N(C(=O)OC(C)(C)C)c2ccc3c(c21)C(Cc1ccc(C)cc1)Oc1cccc(C)c1-3. The average molecular weight is 1060 g/mol. The minimum Gasteiger partial charge on any atom is -0.485 e. The second kappa shape index (κ2) is 19.3. The van der Waals surface area contributed by atoms with Gasteiger partial charge in [0, 0.05) is 50.7 Å². The molecule has 6 aromatic carbocycles. The lowest BCUT2D eigenvalue weighted by Gasteiger charge is -2.44. The molecule has 4 aliphatic heterocycles. The van der Waals surface area contributed by atoms with Gasteiger partial charge in [0.25, 0.3) is 0 Å². The second-order valence-electron chi connectivity index (χ2n) is 23.6. The Morgan fingerprint density at radius 3 is 1.28 bits per heavy atom. The molecule has 0 N–H and O–H groups in total. The van der Waals surface area contributed by atoms with Crippen molar-refractivity contribution in [2.75, 3.05) is 9.80 Å². The zero-order valence-electron chi connectivity index (χ0n) is 45.8. The van der Waals surface area contributed by atoms with E-state index in [9.17, 15) is 9.59 Å². The van der Waals surface area contributed by atoms with Crippen molar-refractivity contribution in [1.82, 2.24) is 0 Å². The van der Waals surface area contributed by atoms with Crippen molar-refractivity contribution in [2.24, 2.45) is 0 Å². The first-order valence-corrected chi connectivity index (χ1v) is 26.6. The Morgan fingerprint density at radius 2 is 0.905 bits per heavy atom. The van der Waals surface area contributed by atoms with Gasteiger partial charge in [-0.3, -0.25) is 9.80 Å². The van der Waals surface area contributed by atoms with Gasteiger partial charge in [0.15, 0.2) is 0 Å². The summed E-state index contributed by atoms with van der Waals surface area (Å²) in [5, 5.41) is 0. The number of benzene rings is 6. The Morgan fingerprint density at radius 1 is 0.527 bits per heavy atom. The molecule has 384 valence electrons. The molecule has 0 spiro atoms. The molecule has 0 radical (unpaired) electrons. The van der Waals surface area contributed by atoms with Gasteiger partial charge >= 0.3 is 12.2 Å². The molecule has 0 aromatic heterocycles. The van der Waals surface area contributed by atoms with E-state index in [1.165, 1.54) is 33.4 Å². The van der Waals surface area contributed by atoms with E-state index in [1.807, 2.05) is 47.6 Å². The third-order valence-corrected chi connectivity index (χ3v) is 14.8. The van der Waals surface area contributed by atoms with Crippen LogP contribution in [-0.4, -0.2) is 34.5 Å². The number of fused-ring (bicyclic) bond motifs is 10. The summed E-state index contributed by atoms with van der Waals surface area (Å²) in [4.78, 5) is 30.7. The minimum absolute atomic E-state index is 0.188. The molecule has 8 nitrogen and oxygen atoms in total. The van der Waals surface area contributed by atoms with Crippen molar-refractivity contribution in [1.29, 1.82) is 0 Å². The van der Waals surface area contributed by atoms with E-state index in [4.69, 9.17) is 18.9 Å². The van der Waals surface area contributed by atoms with Gasteiger partial charge in [0.1, 0.15) is 34.9 Å². The van der Waals surface area contributed by atoms with Gasteiger partial charge in [0.2, 0.25) is 0 Å². The number of nitrogens with zero attached hydrogens (tertiary/aromatic N) is 2. The summed E-state index contributed by atoms with van der Waals surface area (Å²) in [5.41, 5.74) is 16.7. The van der Waals surface area contributed by atoms with Crippen LogP contribution in [0.15, 0.2) is 126 Å². The molecule has 2 amide bonds. The highest BCUT2D eigenvalue weighted by atomic mass is 79.9. The number of allylic oxidation sites excluding steroid dienone is 2. The Kier molecular flexibility index (Phi) is 13.6. The molecule has 0 bridgehead atoms. The quantitative estimate of drug-likeness (QED) is 0.175. The fourth-order valence-electron chi connectivity index (χ4n) is 11.4. The van der Waals surface area contributed by atoms with E-state index in [0.717, 1.165) is 83.9 Å². The van der Waals surface area contributed by atoms with E-state index >= 15 is 0 Å². The van der Waals surface area contributed by atoms with Crippen molar-refractivity contribution >= 4 is 50.6 Å². The summed E-state index contributed by atoms with van der Waals surface area (Å²) in [5.74, 6) is 1.81. The number of anilines is 2. The molecule has 4 heterocycles. The van der Waals surface area contributed by atoms with Crippen LogP contribution in [-0.2, 0) is 22.3 Å². The first-order chi connectivity index (χ1) is 34.7. The molecular formula is C65H71BrN2O6. The number of rotatable bonds is 4. The predicted molar refractivity (Wildman–Crippen MR) is 306 cm³/mol. The monoisotopic (exact) mass is 1050 g/mol. The minimum atomic E-state index is -0.596. The number of carbonyl (C=O) groups is 2. The van der Waals surface area contributed by atoms with E-state index in [0.29, 0.717) is 6.42 Å². The van der Waals surface area contributed by atoms with E-state index in [1.54, 1.807) is 9.80 Å². The zero-order valence-corrected chi connectivity index (χ0v) is 47.4. The van der Waals surface area contributed by atoms with Crippen LogP contribution in [0.25, 0.3) is 33.4 Å². The largest absolute Gasteiger partial charge is 0.485 e. The molecule has 9 heteroatoms. The highest BCUT2D eigenvalue weighted by Crippen LogP contribution is 2.54. The summed E-state index contributed by atoms with van der Waals surface area (Å²) >= 11 is 3.55. The van der Waals surface area contributed by atoms with Crippen molar-refractivity contribution in [3.63, 3.8) is 0 Å². The standard InChI is InChI=1S/C33H37NO3.C32H34BrNO3/c1-20-12-14-23(15-13-20)18-27-30-24(28-21(2)10-9-11-26(28)36-27)16-17-25-29(30)22(3)19-33(7,8)34(25)31(35)37-32(4,5)6;1-19-9-8-10-25-27(19)23-15-16-24-28(29(23)26(36-25)17-21-11-13-22(33)14-12-21)20(2)18-32(6,7)34(24)30(35)37-31(3,4)5/h9-17,19,27H,18H2,1-8H3;8-16,18,26H,17H2,1-7H3. The maximum absolute atomic E-state index is 13.6. The number of ether oxygens (including phenoxy) is 4. The van der Waals surface area contributed by atoms with Crippen LogP contribution < -0.4 is 19.3 Å². The van der Waals surface area contributed by atoms with Crippen LogP contribution in [0.1, 0.15) is 145 Å². The van der Waals surface area contributed by atoms with Crippen molar-refractivity contribution < 1.29 is 28.5 Å². The molecule has 2 atom stereocenters. The van der Waals surface area contributed by atoms with Crippen molar-refractivity contribution in [2.45, 2.75) is 151 Å². The van der Waals surface area contributed by atoms with Crippen LogP contribution >= 0.6 is 15.9 Å². The van der Waals surface area contributed by atoms with Gasteiger partial charge in [-0.1, -0.05) is 106 Å².